The van der Waals surface area contributed by atoms with E-state index in [4.69, 9.17) is 0 Å². The highest BCUT2D eigenvalue weighted by Crippen LogP contribution is 2.37. The van der Waals surface area contributed by atoms with Gasteiger partial charge in [-0.1, -0.05) is 6.92 Å². The van der Waals surface area contributed by atoms with Gasteiger partial charge in [0, 0.05) is 25.7 Å². The Morgan fingerprint density at radius 1 is 1.18 bits per heavy atom. The Balaban J connectivity index is 1.37. The summed E-state index contributed by atoms with van der Waals surface area (Å²) >= 11 is 5.16. The van der Waals surface area contributed by atoms with E-state index < -0.39 is 0 Å². The number of carbonyl (C=O) groups is 2. The number of aromatic nitrogens is 1. The highest BCUT2D eigenvalue weighted by molar-refractivity contribution is 8.18. The molecule has 5 nitrogen and oxygen atoms in total. The third-order valence-electron chi connectivity index (χ3n) is 5.90. The molecule has 3 saturated heterocycles. The van der Waals surface area contributed by atoms with Crippen LogP contribution in [0.1, 0.15) is 53.7 Å². The van der Waals surface area contributed by atoms with Gasteiger partial charge in [-0.2, -0.15) is 0 Å². The van der Waals surface area contributed by atoms with E-state index in [1.54, 1.807) is 6.20 Å². The fourth-order valence-electron chi connectivity index (χ4n) is 4.50. The van der Waals surface area contributed by atoms with Crippen molar-refractivity contribution < 1.29 is 9.59 Å². The summed E-state index contributed by atoms with van der Waals surface area (Å²) in [6.07, 6.45) is 8.13. The first kappa shape index (κ1) is 20.5. The van der Waals surface area contributed by atoms with Gasteiger partial charge in [-0.3, -0.25) is 9.59 Å². The molecule has 3 fully saturated rings. The second-order valence-electron chi connectivity index (χ2n) is 7.84. The van der Waals surface area contributed by atoms with Crippen molar-refractivity contribution in [2.24, 2.45) is 5.92 Å². The second-order valence-corrected chi connectivity index (χ2v) is 11.7. The molecule has 1 aromatic rings. The number of hydrogen-bond donors (Lipinski definition) is 0. The molecule has 154 valence electrons. The molecule has 0 spiro atoms. The van der Waals surface area contributed by atoms with Gasteiger partial charge in [0.25, 0.3) is 5.91 Å². The molecule has 0 aliphatic carbocycles. The van der Waals surface area contributed by atoms with Gasteiger partial charge in [-0.15, -0.1) is 34.9 Å². The van der Waals surface area contributed by atoms with Gasteiger partial charge >= 0.3 is 0 Å². The number of carbonyl (C=O) groups excluding carboxylic acids is 2. The number of likely N-dealkylation sites (tertiary alicyclic amines) is 2. The van der Waals surface area contributed by atoms with E-state index in [2.05, 4.69) is 16.8 Å². The van der Waals surface area contributed by atoms with Crippen molar-refractivity contribution in [3.63, 3.8) is 0 Å². The lowest BCUT2D eigenvalue weighted by Gasteiger charge is -2.33. The maximum absolute atomic E-state index is 13.1. The van der Waals surface area contributed by atoms with Crippen LogP contribution in [0.2, 0.25) is 0 Å². The van der Waals surface area contributed by atoms with Crippen molar-refractivity contribution in [1.82, 2.24) is 14.8 Å². The lowest BCUT2D eigenvalue weighted by molar-refractivity contribution is -0.130. The summed E-state index contributed by atoms with van der Waals surface area (Å²) < 4.78 is 0.0858. The van der Waals surface area contributed by atoms with E-state index in [0.29, 0.717) is 17.9 Å². The molecule has 2 atom stereocenters. The molecular weight excluding hydrogens is 410 g/mol. The first-order valence-electron chi connectivity index (χ1n) is 10.4. The summed E-state index contributed by atoms with van der Waals surface area (Å²) in [6.45, 7) is 4.60. The predicted octanol–water partition coefficient (Wildman–Crippen LogP) is 3.74. The molecule has 28 heavy (non-hydrogen) atoms. The van der Waals surface area contributed by atoms with Gasteiger partial charge in [0.2, 0.25) is 5.91 Å². The molecule has 2 unspecified atom stereocenters. The van der Waals surface area contributed by atoms with Crippen molar-refractivity contribution in [1.29, 1.82) is 0 Å². The molecule has 4 heterocycles. The van der Waals surface area contributed by atoms with E-state index in [-0.39, 0.29) is 10.5 Å². The number of amides is 2. The van der Waals surface area contributed by atoms with Crippen LogP contribution in [0.4, 0.5) is 0 Å². The number of rotatable bonds is 5. The Kier molecular flexibility index (Phi) is 6.89. The van der Waals surface area contributed by atoms with E-state index in [1.165, 1.54) is 17.8 Å². The molecule has 3 aliphatic rings. The average molecular weight is 440 g/mol. The lowest BCUT2D eigenvalue weighted by Crippen LogP contribution is -2.45. The minimum Gasteiger partial charge on any atom is -0.338 e. The fraction of sp³-hybridized carbons (Fsp3) is 0.750. The zero-order valence-corrected chi connectivity index (χ0v) is 18.9. The molecule has 1 aromatic heterocycles. The van der Waals surface area contributed by atoms with Crippen molar-refractivity contribution in [3.8, 4) is 0 Å². The smallest absolute Gasteiger partial charge is 0.265 e. The minimum atomic E-state index is 0.0858. The van der Waals surface area contributed by atoms with Crippen LogP contribution in [0.3, 0.4) is 0 Å². The van der Waals surface area contributed by atoms with Gasteiger partial charge < -0.3 is 9.80 Å². The molecular formula is C20H29N3O2S3. The molecule has 0 bridgehead atoms. The standard InChI is InChI=1S/C20H29N3O2S3/c1-2-5-17-21-12-16(28-17)18(24)22-9-7-14(13-22)15-6-3-8-23(15)19(25)20-26-10-4-11-27-20/h12,14-15,20H,2-11,13H2,1H3. The van der Waals surface area contributed by atoms with Crippen LogP contribution in [0, 0.1) is 5.92 Å². The van der Waals surface area contributed by atoms with E-state index in [0.717, 1.165) is 73.1 Å². The average Bonchev–Trinajstić information content (AvgIpc) is 3.47. The van der Waals surface area contributed by atoms with Crippen LogP contribution in [0.5, 0.6) is 0 Å². The topological polar surface area (TPSA) is 53.5 Å². The molecule has 3 aliphatic heterocycles. The quantitative estimate of drug-likeness (QED) is 0.699. The van der Waals surface area contributed by atoms with Gasteiger partial charge in [-0.05, 0) is 55.9 Å². The SMILES string of the molecule is CCCc1ncc(C(=O)N2CCC(C3CCCN3C(=O)C3SCCCS3)C2)s1. The minimum absolute atomic E-state index is 0.0858. The van der Waals surface area contributed by atoms with E-state index >= 15 is 0 Å². The monoisotopic (exact) mass is 439 g/mol. The molecule has 0 N–H and O–H groups in total. The lowest BCUT2D eigenvalue weighted by atomic mass is 9.96. The van der Waals surface area contributed by atoms with Crippen molar-refractivity contribution in [2.45, 2.75) is 56.1 Å². The van der Waals surface area contributed by atoms with Gasteiger partial charge in [0.1, 0.15) is 9.46 Å². The van der Waals surface area contributed by atoms with Crippen LogP contribution in [-0.2, 0) is 11.2 Å². The number of aryl methyl sites for hydroxylation is 1. The highest BCUT2D eigenvalue weighted by Gasteiger charge is 2.41. The van der Waals surface area contributed by atoms with Crippen molar-refractivity contribution >= 4 is 46.7 Å². The second kappa shape index (κ2) is 9.39. The Hall–Kier alpha value is -0.730. The Morgan fingerprint density at radius 3 is 2.79 bits per heavy atom. The number of thiazole rings is 1. The Labute approximate surface area is 180 Å². The number of thioether (sulfide) groups is 2. The molecule has 0 saturated carbocycles. The molecule has 0 radical (unpaired) electrons. The third-order valence-corrected chi connectivity index (χ3v) is 9.81. The number of nitrogens with zero attached hydrogens (tertiary/aromatic N) is 3. The predicted molar refractivity (Wildman–Crippen MR) is 118 cm³/mol. The first-order valence-corrected chi connectivity index (χ1v) is 13.4. The zero-order valence-electron chi connectivity index (χ0n) is 16.5. The summed E-state index contributed by atoms with van der Waals surface area (Å²) in [5.41, 5.74) is 0. The summed E-state index contributed by atoms with van der Waals surface area (Å²) in [4.78, 5) is 35.3. The molecule has 0 aromatic carbocycles. The summed E-state index contributed by atoms with van der Waals surface area (Å²) in [7, 11) is 0. The van der Waals surface area contributed by atoms with Crippen molar-refractivity contribution in [2.75, 3.05) is 31.1 Å². The molecule has 8 heteroatoms. The largest absolute Gasteiger partial charge is 0.338 e. The highest BCUT2D eigenvalue weighted by atomic mass is 32.2. The molecule has 2 amide bonds. The summed E-state index contributed by atoms with van der Waals surface area (Å²) in [5, 5.41) is 1.05. The van der Waals surface area contributed by atoms with Gasteiger partial charge in [-0.25, -0.2) is 4.98 Å². The maximum atomic E-state index is 13.1. The van der Waals surface area contributed by atoms with Gasteiger partial charge in [0.15, 0.2) is 0 Å². The zero-order chi connectivity index (χ0) is 19.5. The fourth-order valence-corrected chi connectivity index (χ4v) is 8.24. The van der Waals surface area contributed by atoms with Gasteiger partial charge in [0.05, 0.1) is 11.2 Å². The first-order chi connectivity index (χ1) is 13.7. The molecule has 4 rings (SSSR count). The van der Waals surface area contributed by atoms with Crippen molar-refractivity contribution in [3.05, 3.63) is 16.1 Å². The van der Waals surface area contributed by atoms with E-state index in [1.807, 2.05) is 28.4 Å². The van der Waals surface area contributed by atoms with Crippen LogP contribution >= 0.6 is 34.9 Å². The summed E-state index contributed by atoms with van der Waals surface area (Å²) in [5.74, 6) is 3.06. The Morgan fingerprint density at radius 2 is 2.00 bits per heavy atom. The van der Waals surface area contributed by atoms with E-state index in [9.17, 15) is 9.59 Å². The Bertz CT molecular complexity index is 705. The summed E-state index contributed by atoms with van der Waals surface area (Å²) in [6, 6.07) is 0.311. The number of hydrogen-bond acceptors (Lipinski definition) is 6. The van der Waals surface area contributed by atoms with Crippen LogP contribution in [-0.4, -0.2) is 68.4 Å². The normalized spacial score (nSPS) is 26.2. The van der Waals surface area contributed by atoms with Crippen LogP contribution < -0.4 is 0 Å². The maximum Gasteiger partial charge on any atom is 0.265 e. The van der Waals surface area contributed by atoms with Crippen LogP contribution in [0.25, 0.3) is 0 Å². The van der Waals surface area contributed by atoms with Crippen LogP contribution in [0.15, 0.2) is 6.20 Å². The third kappa shape index (κ3) is 4.38.